The maximum atomic E-state index is 13.1. The summed E-state index contributed by atoms with van der Waals surface area (Å²) in [5.41, 5.74) is 0.999. The van der Waals surface area contributed by atoms with Crippen LogP contribution in [0.4, 0.5) is 4.79 Å². The molecule has 4 amide bonds. The van der Waals surface area contributed by atoms with Gasteiger partial charge in [0.05, 0.1) is 37.8 Å². The number of urea groups is 1. The monoisotopic (exact) mass is 424 g/mol. The topological polar surface area (TPSA) is 97.9 Å². The molecule has 1 spiro atoms. The molecule has 4 rings (SSSR count). The summed E-state index contributed by atoms with van der Waals surface area (Å²) in [5.74, 6) is -0.309. The zero-order chi connectivity index (χ0) is 22.0. The number of hydrogen-bond acceptors (Lipinski definition) is 4. The van der Waals surface area contributed by atoms with E-state index in [0.29, 0.717) is 25.1 Å². The summed E-state index contributed by atoms with van der Waals surface area (Å²) in [6.07, 6.45) is 3.56. The fraction of sp³-hybridized carbons (Fsp3) is 0.565. The Labute approximate surface area is 182 Å². The largest absolute Gasteiger partial charge is 0.330 e. The first-order valence-electron chi connectivity index (χ1n) is 11.2. The van der Waals surface area contributed by atoms with Crippen molar-refractivity contribution in [2.75, 3.05) is 32.7 Å². The third kappa shape index (κ3) is 4.15. The van der Waals surface area contributed by atoms with Crippen molar-refractivity contribution in [3.63, 3.8) is 0 Å². The average Bonchev–Trinajstić information content (AvgIpc) is 3.01. The molecule has 1 saturated carbocycles. The van der Waals surface area contributed by atoms with Crippen molar-refractivity contribution in [3.8, 4) is 6.07 Å². The number of piperazine rings is 1. The van der Waals surface area contributed by atoms with Crippen LogP contribution in [0.1, 0.15) is 43.7 Å². The number of carbonyl (C=O) groups is 3. The predicted octanol–water partition coefficient (Wildman–Crippen LogP) is 0.286. The molecule has 8 heteroatoms. The quantitative estimate of drug-likeness (QED) is 0.679. The molecule has 1 aromatic carbocycles. The minimum Gasteiger partial charge on any atom is -0.330 e. The van der Waals surface area contributed by atoms with Gasteiger partial charge in [-0.25, -0.2) is 4.79 Å². The number of hydrogen-bond donors (Lipinski definition) is 2. The van der Waals surface area contributed by atoms with Crippen LogP contribution < -0.4 is 10.2 Å². The van der Waals surface area contributed by atoms with E-state index in [1.165, 1.54) is 10.5 Å². The first-order valence-corrected chi connectivity index (χ1v) is 11.2. The van der Waals surface area contributed by atoms with Crippen molar-refractivity contribution in [2.45, 2.75) is 44.7 Å². The number of rotatable bonds is 4. The number of nitriles is 1. The Balaban J connectivity index is 1.30. The van der Waals surface area contributed by atoms with Crippen LogP contribution in [-0.2, 0) is 16.1 Å². The number of nitrogens with zero attached hydrogens (tertiary/aromatic N) is 3. The smallest absolute Gasteiger partial charge is 0.325 e. The van der Waals surface area contributed by atoms with Gasteiger partial charge in [-0.3, -0.25) is 14.5 Å². The molecule has 0 bridgehead atoms. The molecule has 2 saturated heterocycles. The number of amides is 4. The summed E-state index contributed by atoms with van der Waals surface area (Å²) < 4.78 is 0. The van der Waals surface area contributed by atoms with Crippen LogP contribution in [-0.4, -0.2) is 65.9 Å². The van der Waals surface area contributed by atoms with Crippen LogP contribution in [0.3, 0.4) is 0 Å². The highest BCUT2D eigenvalue weighted by molar-refractivity contribution is 6.09. The molecule has 2 heterocycles. The van der Waals surface area contributed by atoms with Crippen molar-refractivity contribution in [1.82, 2.24) is 15.1 Å². The number of carbonyl (C=O) groups excluding carboxylic acids is 3. The predicted molar refractivity (Wildman–Crippen MR) is 113 cm³/mol. The van der Waals surface area contributed by atoms with Crippen LogP contribution in [0.25, 0.3) is 0 Å². The van der Waals surface area contributed by atoms with Crippen LogP contribution in [0, 0.1) is 17.2 Å². The van der Waals surface area contributed by atoms with Gasteiger partial charge in [0, 0.05) is 5.56 Å². The molecule has 2 atom stereocenters. The molecule has 0 aromatic heterocycles. The maximum Gasteiger partial charge on any atom is 0.325 e. The molecule has 8 nitrogen and oxygen atoms in total. The van der Waals surface area contributed by atoms with Gasteiger partial charge in [-0.2, -0.15) is 5.26 Å². The van der Waals surface area contributed by atoms with Crippen molar-refractivity contribution in [1.29, 1.82) is 5.26 Å². The lowest BCUT2D eigenvalue weighted by atomic mass is 9.73. The van der Waals surface area contributed by atoms with Gasteiger partial charge < -0.3 is 15.1 Å². The van der Waals surface area contributed by atoms with Crippen LogP contribution in [0.15, 0.2) is 24.3 Å². The summed E-state index contributed by atoms with van der Waals surface area (Å²) in [4.78, 5) is 42.7. The molecule has 0 radical (unpaired) electrons. The van der Waals surface area contributed by atoms with E-state index in [2.05, 4.69) is 11.4 Å². The maximum absolute atomic E-state index is 13.1. The Kier molecular flexibility index (Phi) is 5.96. The minimum atomic E-state index is -0.820. The van der Waals surface area contributed by atoms with Crippen LogP contribution in [0.2, 0.25) is 0 Å². The zero-order valence-electron chi connectivity index (χ0n) is 18.0. The fourth-order valence-corrected chi connectivity index (χ4v) is 5.11. The second-order valence-electron chi connectivity index (χ2n) is 9.06. The number of quaternary nitrogens is 1. The first-order chi connectivity index (χ1) is 14.9. The van der Waals surface area contributed by atoms with Gasteiger partial charge in [-0.1, -0.05) is 31.9 Å². The summed E-state index contributed by atoms with van der Waals surface area (Å²) in [7, 11) is 0. The molecule has 164 valence electrons. The highest BCUT2D eigenvalue weighted by atomic mass is 16.2. The Bertz CT molecular complexity index is 901. The molecular weight excluding hydrogens is 394 g/mol. The van der Waals surface area contributed by atoms with Crippen LogP contribution >= 0.6 is 0 Å². The van der Waals surface area contributed by atoms with Crippen molar-refractivity contribution in [3.05, 3.63) is 35.4 Å². The van der Waals surface area contributed by atoms with E-state index < -0.39 is 11.6 Å². The molecule has 2 aliphatic heterocycles. The zero-order valence-corrected chi connectivity index (χ0v) is 18.0. The molecule has 3 fully saturated rings. The molecule has 3 aliphatic rings. The van der Waals surface area contributed by atoms with Gasteiger partial charge in [0.1, 0.15) is 18.6 Å². The summed E-state index contributed by atoms with van der Waals surface area (Å²) in [6.45, 7) is 5.52. The standard InChI is InChI=1S/C23H29N5O3/c1-17-4-2-3-9-23(17)21(30)28(22(31)25-23)16-20(29)27-12-10-26(11-13-27)15-19-7-5-18(14-24)6-8-19/h5-8,17H,2-4,9-13,15-16H2,1H3,(H,25,31)/p+1/t17-,23+/m1/s1. The van der Waals surface area contributed by atoms with E-state index in [-0.39, 0.29) is 24.3 Å². The SMILES string of the molecule is C[C@@H]1CCCC[C@]12NC(=O)N(CC(=O)N1CC[NH+](Cc3ccc(C#N)cc3)CC1)C2=O. The van der Waals surface area contributed by atoms with Gasteiger partial charge in [0.2, 0.25) is 5.91 Å². The minimum absolute atomic E-state index is 0.0900. The fourth-order valence-electron chi connectivity index (χ4n) is 5.11. The van der Waals surface area contributed by atoms with E-state index in [0.717, 1.165) is 43.8 Å². The normalized spacial score (nSPS) is 26.8. The van der Waals surface area contributed by atoms with Gasteiger partial charge in [-0.05, 0) is 30.9 Å². The Morgan fingerprint density at radius 1 is 1.23 bits per heavy atom. The highest BCUT2D eigenvalue weighted by Gasteiger charge is 2.55. The number of benzene rings is 1. The lowest BCUT2D eigenvalue weighted by Crippen LogP contribution is -3.13. The highest BCUT2D eigenvalue weighted by Crippen LogP contribution is 2.38. The second kappa shape index (κ2) is 8.67. The molecule has 0 unspecified atom stereocenters. The summed E-state index contributed by atoms with van der Waals surface area (Å²) >= 11 is 0. The molecule has 2 N–H and O–H groups in total. The summed E-state index contributed by atoms with van der Waals surface area (Å²) in [6, 6.07) is 9.29. The first kappa shape index (κ1) is 21.3. The third-order valence-electron chi connectivity index (χ3n) is 7.16. The lowest BCUT2D eigenvalue weighted by Gasteiger charge is -2.37. The molecule has 31 heavy (non-hydrogen) atoms. The van der Waals surface area contributed by atoms with E-state index in [9.17, 15) is 14.4 Å². The van der Waals surface area contributed by atoms with E-state index >= 15 is 0 Å². The van der Waals surface area contributed by atoms with Crippen molar-refractivity contribution in [2.24, 2.45) is 5.92 Å². The van der Waals surface area contributed by atoms with E-state index in [1.54, 1.807) is 4.90 Å². The van der Waals surface area contributed by atoms with Gasteiger partial charge in [-0.15, -0.1) is 0 Å². The Morgan fingerprint density at radius 3 is 2.58 bits per heavy atom. The van der Waals surface area contributed by atoms with Crippen LogP contribution in [0.5, 0.6) is 0 Å². The number of imide groups is 1. The van der Waals surface area contributed by atoms with Gasteiger partial charge >= 0.3 is 6.03 Å². The number of nitrogens with one attached hydrogen (secondary N) is 2. The Morgan fingerprint density at radius 2 is 1.94 bits per heavy atom. The Hall–Kier alpha value is -2.92. The molecular formula is C23H30N5O3+. The van der Waals surface area contributed by atoms with Crippen molar-refractivity contribution >= 4 is 17.8 Å². The van der Waals surface area contributed by atoms with Gasteiger partial charge in [0.15, 0.2) is 0 Å². The average molecular weight is 425 g/mol. The van der Waals surface area contributed by atoms with Crippen molar-refractivity contribution < 1.29 is 19.3 Å². The summed E-state index contributed by atoms with van der Waals surface area (Å²) in [5, 5.41) is 11.8. The second-order valence-corrected chi connectivity index (χ2v) is 9.06. The lowest BCUT2D eigenvalue weighted by molar-refractivity contribution is -0.917. The third-order valence-corrected chi connectivity index (χ3v) is 7.16. The molecule has 1 aliphatic carbocycles. The van der Waals surface area contributed by atoms with Gasteiger partial charge in [0.25, 0.3) is 5.91 Å². The molecule has 1 aromatic rings. The van der Waals surface area contributed by atoms with E-state index in [4.69, 9.17) is 5.26 Å². The van der Waals surface area contributed by atoms with E-state index in [1.807, 2.05) is 31.2 Å².